The molecule has 2 rings (SSSR count). The molecule has 0 saturated carbocycles. The predicted molar refractivity (Wildman–Crippen MR) is 105 cm³/mol. The van der Waals surface area contributed by atoms with E-state index in [1.165, 1.54) is 0 Å². The number of carbonyl (C=O) groups excluding carboxylic acids is 1. The van der Waals surface area contributed by atoms with Gasteiger partial charge in [-0.1, -0.05) is 0 Å². The zero-order valence-electron chi connectivity index (χ0n) is 16.3. The Morgan fingerprint density at radius 3 is 2.48 bits per heavy atom. The van der Waals surface area contributed by atoms with Crippen LogP contribution in [-0.2, 0) is 0 Å². The largest absolute Gasteiger partial charge is 0.497 e. The highest BCUT2D eigenvalue weighted by Crippen LogP contribution is 2.16. The molecule has 0 bridgehead atoms. The van der Waals surface area contributed by atoms with Crippen LogP contribution in [0.5, 0.6) is 11.5 Å². The molecule has 27 heavy (non-hydrogen) atoms. The Balaban J connectivity index is 1.81. The van der Waals surface area contributed by atoms with Gasteiger partial charge in [0.15, 0.2) is 0 Å². The Morgan fingerprint density at radius 1 is 1.11 bits per heavy atom. The van der Waals surface area contributed by atoms with Crippen LogP contribution in [0.1, 0.15) is 16.2 Å². The molecular weight excluding hydrogens is 346 g/mol. The van der Waals surface area contributed by atoms with E-state index in [9.17, 15) is 4.79 Å². The molecule has 0 aliphatic rings. The summed E-state index contributed by atoms with van der Waals surface area (Å²) in [4.78, 5) is 23.0. The molecule has 2 N–H and O–H groups in total. The molecule has 0 aliphatic carbocycles. The first kappa shape index (κ1) is 20.4. The lowest BCUT2D eigenvalue weighted by atomic mass is 10.3. The smallest absolute Gasteiger partial charge is 0.270 e. The van der Waals surface area contributed by atoms with E-state index >= 15 is 0 Å². The average molecular weight is 373 g/mol. The number of amides is 1. The number of likely N-dealkylation sites (N-methyl/N-ethyl adjacent to an activating group) is 1. The van der Waals surface area contributed by atoms with E-state index in [0.29, 0.717) is 31.3 Å². The van der Waals surface area contributed by atoms with Crippen molar-refractivity contribution in [1.29, 1.82) is 0 Å². The third-order valence-corrected chi connectivity index (χ3v) is 3.64. The van der Waals surface area contributed by atoms with Gasteiger partial charge in [0.25, 0.3) is 5.91 Å². The number of nitrogens with one attached hydrogen (secondary N) is 2. The molecule has 1 aromatic heterocycles. The maximum absolute atomic E-state index is 12.3. The third-order valence-electron chi connectivity index (χ3n) is 3.64. The van der Waals surface area contributed by atoms with Crippen LogP contribution in [0.15, 0.2) is 30.3 Å². The Labute approximate surface area is 159 Å². The number of aryl methyl sites for hydroxylation is 1. The number of nitrogens with zero attached hydrogens (tertiary/aromatic N) is 3. The minimum Gasteiger partial charge on any atom is -0.497 e. The fourth-order valence-electron chi connectivity index (χ4n) is 2.25. The number of methoxy groups -OCH3 is 1. The van der Waals surface area contributed by atoms with Crippen LogP contribution in [0.4, 0.5) is 5.95 Å². The number of rotatable bonds is 10. The number of aromatic nitrogens is 2. The average Bonchev–Trinajstić information content (AvgIpc) is 2.65. The van der Waals surface area contributed by atoms with Crippen molar-refractivity contribution in [3.8, 4) is 11.5 Å². The molecule has 146 valence electrons. The molecule has 0 radical (unpaired) electrons. The fourth-order valence-corrected chi connectivity index (χ4v) is 2.25. The van der Waals surface area contributed by atoms with Crippen LogP contribution >= 0.6 is 0 Å². The summed E-state index contributed by atoms with van der Waals surface area (Å²) in [7, 11) is 5.60. The summed E-state index contributed by atoms with van der Waals surface area (Å²) in [6.07, 6.45) is 0. The number of hydrogen-bond donors (Lipinski definition) is 2. The van der Waals surface area contributed by atoms with Crippen molar-refractivity contribution in [2.24, 2.45) is 0 Å². The quantitative estimate of drug-likeness (QED) is 0.611. The van der Waals surface area contributed by atoms with E-state index in [2.05, 4.69) is 25.5 Å². The lowest BCUT2D eigenvalue weighted by Crippen LogP contribution is -2.29. The van der Waals surface area contributed by atoms with Crippen LogP contribution in [0.25, 0.3) is 0 Å². The fraction of sp³-hybridized carbons (Fsp3) is 0.421. The van der Waals surface area contributed by atoms with Gasteiger partial charge in [-0.25, -0.2) is 9.97 Å². The second kappa shape index (κ2) is 10.3. The maximum Gasteiger partial charge on any atom is 0.270 e. The van der Waals surface area contributed by atoms with Crippen LogP contribution in [-0.4, -0.2) is 68.2 Å². The highest BCUT2D eigenvalue weighted by atomic mass is 16.5. The van der Waals surface area contributed by atoms with Gasteiger partial charge in [0.1, 0.15) is 23.8 Å². The SMILES string of the molecule is COc1ccc(OCCNC(=O)c2cc(C)nc(NCCN(C)C)n2)cc1. The van der Waals surface area contributed by atoms with Gasteiger partial charge in [0.05, 0.1) is 13.7 Å². The molecule has 2 aromatic rings. The van der Waals surface area contributed by atoms with E-state index in [4.69, 9.17) is 9.47 Å². The van der Waals surface area contributed by atoms with E-state index in [0.717, 1.165) is 23.7 Å². The van der Waals surface area contributed by atoms with Gasteiger partial charge in [-0.15, -0.1) is 0 Å². The van der Waals surface area contributed by atoms with Gasteiger partial charge < -0.3 is 25.0 Å². The summed E-state index contributed by atoms with van der Waals surface area (Å²) in [5.41, 5.74) is 1.07. The molecule has 0 atom stereocenters. The maximum atomic E-state index is 12.3. The lowest BCUT2D eigenvalue weighted by Gasteiger charge is -2.12. The standard InChI is InChI=1S/C19H27N5O3/c1-14-13-17(23-19(22-14)21-9-11-24(2)3)18(25)20-10-12-27-16-7-5-15(26-4)6-8-16/h5-8,13H,9-12H2,1-4H3,(H,20,25)(H,21,22,23). The number of hydrogen-bond acceptors (Lipinski definition) is 7. The van der Waals surface area contributed by atoms with Crippen molar-refractivity contribution in [1.82, 2.24) is 20.2 Å². The van der Waals surface area contributed by atoms with Crippen molar-refractivity contribution in [3.05, 3.63) is 41.7 Å². The first-order chi connectivity index (χ1) is 13.0. The number of carbonyl (C=O) groups is 1. The second-order valence-electron chi connectivity index (χ2n) is 6.23. The predicted octanol–water partition coefficient (Wildman–Crippen LogP) is 1.58. The monoisotopic (exact) mass is 373 g/mol. The van der Waals surface area contributed by atoms with Gasteiger partial charge in [-0.05, 0) is 51.4 Å². The van der Waals surface area contributed by atoms with E-state index < -0.39 is 0 Å². The minimum atomic E-state index is -0.255. The van der Waals surface area contributed by atoms with Gasteiger partial charge in [-0.3, -0.25) is 4.79 Å². The molecule has 1 aromatic carbocycles. The summed E-state index contributed by atoms with van der Waals surface area (Å²) in [6, 6.07) is 8.95. The van der Waals surface area contributed by atoms with Crippen molar-refractivity contribution in [3.63, 3.8) is 0 Å². The van der Waals surface area contributed by atoms with Crippen molar-refractivity contribution < 1.29 is 14.3 Å². The third kappa shape index (κ3) is 7.10. The summed E-state index contributed by atoms with van der Waals surface area (Å²) >= 11 is 0. The van der Waals surface area contributed by atoms with E-state index in [1.54, 1.807) is 13.2 Å². The Bertz CT molecular complexity index is 735. The Hall–Kier alpha value is -2.87. The summed E-state index contributed by atoms with van der Waals surface area (Å²) in [5, 5.41) is 5.94. The topological polar surface area (TPSA) is 88.6 Å². The highest BCUT2D eigenvalue weighted by molar-refractivity contribution is 5.92. The summed E-state index contributed by atoms with van der Waals surface area (Å²) < 4.78 is 10.7. The molecule has 1 heterocycles. The number of ether oxygens (including phenoxy) is 2. The van der Waals surface area contributed by atoms with Gasteiger partial charge in [0.2, 0.25) is 5.95 Å². The molecule has 0 saturated heterocycles. The highest BCUT2D eigenvalue weighted by Gasteiger charge is 2.10. The zero-order chi connectivity index (χ0) is 19.6. The molecule has 8 heteroatoms. The number of anilines is 1. The van der Waals surface area contributed by atoms with Gasteiger partial charge >= 0.3 is 0 Å². The lowest BCUT2D eigenvalue weighted by molar-refractivity contribution is 0.0942. The molecular formula is C19H27N5O3. The summed E-state index contributed by atoms with van der Waals surface area (Å²) in [6.45, 7) is 4.12. The van der Waals surface area contributed by atoms with Crippen LogP contribution in [0.3, 0.4) is 0 Å². The molecule has 8 nitrogen and oxygen atoms in total. The van der Waals surface area contributed by atoms with Crippen LogP contribution in [0, 0.1) is 6.92 Å². The molecule has 0 fully saturated rings. The first-order valence-electron chi connectivity index (χ1n) is 8.77. The normalized spacial score (nSPS) is 10.6. The molecule has 0 spiro atoms. The van der Waals surface area contributed by atoms with Crippen LogP contribution in [0.2, 0.25) is 0 Å². The summed E-state index contributed by atoms with van der Waals surface area (Å²) in [5.74, 6) is 1.69. The first-order valence-corrected chi connectivity index (χ1v) is 8.77. The molecule has 0 aliphatic heterocycles. The Kier molecular flexibility index (Phi) is 7.81. The van der Waals surface area contributed by atoms with Gasteiger partial charge in [0, 0.05) is 18.8 Å². The molecule has 0 unspecified atom stereocenters. The minimum absolute atomic E-state index is 0.255. The Morgan fingerprint density at radius 2 is 1.81 bits per heavy atom. The number of benzene rings is 1. The zero-order valence-corrected chi connectivity index (χ0v) is 16.3. The van der Waals surface area contributed by atoms with Gasteiger partial charge in [-0.2, -0.15) is 0 Å². The van der Waals surface area contributed by atoms with E-state index in [1.807, 2.05) is 45.3 Å². The van der Waals surface area contributed by atoms with Crippen LogP contribution < -0.4 is 20.1 Å². The van der Waals surface area contributed by atoms with Crippen molar-refractivity contribution in [2.75, 3.05) is 52.8 Å². The van der Waals surface area contributed by atoms with E-state index in [-0.39, 0.29) is 5.91 Å². The second-order valence-corrected chi connectivity index (χ2v) is 6.23. The van der Waals surface area contributed by atoms with Crippen molar-refractivity contribution in [2.45, 2.75) is 6.92 Å². The molecule has 1 amide bonds. The van der Waals surface area contributed by atoms with Crippen molar-refractivity contribution >= 4 is 11.9 Å².